The molecule has 3 aromatic rings. The zero-order valence-corrected chi connectivity index (χ0v) is 17.7. The lowest BCUT2D eigenvalue weighted by Crippen LogP contribution is -2.39. The summed E-state index contributed by atoms with van der Waals surface area (Å²) in [5.41, 5.74) is 2.31. The van der Waals surface area contributed by atoms with Gasteiger partial charge in [-0.25, -0.2) is 15.0 Å². The minimum atomic E-state index is 0.402. The Morgan fingerprint density at radius 3 is 2.59 bits per heavy atom. The first kappa shape index (κ1) is 19.6. The summed E-state index contributed by atoms with van der Waals surface area (Å²) in [7, 11) is 0. The SMILES string of the molecule is Cc1cc(N2CCC(Nc3cncc(SCc4ccccc4)n3)CC2)nc(C)n1. The molecule has 1 fully saturated rings. The number of hydrogen-bond acceptors (Lipinski definition) is 7. The summed E-state index contributed by atoms with van der Waals surface area (Å²) >= 11 is 1.71. The van der Waals surface area contributed by atoms with E-state index in [-0.39, 0.29) is 0 Å². The summed E-state index contributed by atoms with van der Waals surface area (Å²) in [6.07, 6.45) is 5.74. The average Bonchev–Trinajstić information content (AvgIpc) is 2.73. The topological polar surface area (TPSA) is 66.8 Å². The maximum absolute atomic E-state index is 4.74. The number of benzene rings is 1. The van der Waals surface area contributed by atoms with E-state index in [1.807, 2.05) is 32.3 Å². The van der Waals surface area contributed by atoms with E-state index >= 15 is 0 Å². The van der Waals surface area contributed by atoms with E-state index < -0.39 is 0 Å². The first-order chi connectivity index (χ1) is 14.2. The minimum Gasteiger partial charge on any atom is -0.366 e. The zero-order chi connectivity index (χ0) is 20.1. The lowest BCUT2D eigenvalue weighted by Gasteiger charge is -2.33. The predicted molar refractivity (Wildman–Crippen MR) is 118 cm³/mol. The molecule has 0 bridgehead atoms. The van der Waals surface area contributed by atoms with Gasteiger partial charge in [-0.3, -0.25) is 4.98 Å². The van der Waals surface area contributed by atoms with Crippen molar-refractivity contribution in [2.24, 2.45) is 0 Å². The van der Waals surface area contributed by atoms with Gasteiger partial charge < -0.3 is 10.2 Å². The van der Waals surface area contributed by atoms with Crippen LogP contribution < -0.4 is 10.2 Å². The summed E-state index contributed by atoms with van der Waals surface area (Å²) in [6.45, 7) is 5.92. The van der Waals surface area contributed by atoms with Gasteiger partial charge in [0.15, 0.2) is 0 Å². The molecule has 0 amide bonds. The van der Waals surface area contributed by atoms with Crippen LogP contribution in [0.25, 0.3) is 0 Å². The molecule has 0 unspecified atom stereocenters. The van der Waals surface area contributed by atoms with Crippen LogP contribution in [-0.4, -0.2) is 39.1 Å². The van der Waals surface area contributed by atoms with Gasteiger partial charge in [-0.2, -0.15) is 0 Å². The van der Waals surface area contributed by atoms with Crippen molar-refractivity contribution < 1.29 is 0 Å². The van der Waals surface area contributed by atoms with Gasteiger partial charge >= 0.3 is 0 Å². The van der Waals surface area contributed by atoms with Crippen LogP contribution >= 0.6 is 11.8 Å². The number of anilines is 2. The van der Waals surface area contributed by atoms with E-state index in [0.717, 1.165) is 59.9 Å². The molecule has 0 aliphatic carbocycles. The Labute approximate surface area is 176 Å². The van der Waals surface area contributed by atoms with Crippen molar-refractivity contribution in [2.75, 3.05) is 23.3 Å². The van der Waals surface area contributed by atoms with Crippen LogP contribution in [0.1, 0.15) is 29.9 Å². The fraction of sp³-hybridized carbons (Fsp3) is 0.364. The Morgan fingerprint density at radius 1 is 1.03 bits per heavy atom. The highest BCUT2D eigenvalue weighted by atomic mass is 32.2. The van der Waals surface area contributed by atoms with E-state index in [1.165, 1.54) is 5.56 Å². The number of nitrogens with one attached hydrogen (secondary N) is 1. The Hall–Kier alpha value is -2.67. The summed E-state index contributed by atoms with van der Waals surface area (Å²) in [6, 6.07) is 12.9. The van der Waals surface area contributed by atoms with Crippen molar-refractivity contribution >= 4 is 23.4 Å². The van der Waals surface area contributed by atoms with Crippen LogP contribution in [0.4, 0.5) is 11.6 Å². The van der Waals surface area contributed by atoms with E-state index in [9.17, 15) is 0 Å². The molecule has 1 N–H and O–H groups in total. The summed E-state index contributed by atoms with van der Waals surface area (Å²) in [5, 5.41) is 4.52. The maximum Gasteiger partial charge on any atom is 0.146 e. The molecule has 150 valence electrons. The van der Waals surface area contributed by atoms with Crippen LogP contribution in [0.3, 0.4) is 0 Å². The summed E-state index contributed by atoms with van der Waals surface area (Å²) < 4.78 is 0. The molecule has 7 heteroatoms. The molecule has 29 heavy (non-hydrogen) atoms. The molecule has 6 nitrogen and oxygen atoms in total. The number of piperidine rings is 1. The highest BCUT2D eigenvalue weighted by molar-refractivity contribution is 7.98. The second kappa shape index (κ2) is 9.22. The zero-order valence-electron chi connectivity index (χ0n) is 16.9. The van der Waals surface area contributed by atoms with Crippen LogP contribution in [0.5, 0.6) is 0 Å². The molecule has 1 saturated heterocycles. The van der Waals surface area contributed by atoms with E-state index in [0.29, 0.717) is 6.04 Å². The third-order valence-electron chi connectivity index (χ3n) is 4.97. The number of thioether (sulfide) groups is 1. The standard InChI is InChI=1S/C22H26N6S/c1-16-12-21(25-17(2)24-16)28-10-8-19(9-11-28)26-20-13-23-14-22(27-20)29-15-18-6-4-3-5-7-18/h3-7,12-14,19H,8-11,15H2,1-2H3,(H,26,27). The Balaban J connectivity index is 1.31. The molecule has 1 aliphatic rings. The third kappa shape index (κ3) is 5.44. The quantitative estimate of drug-likeness (QED) is 0.614. The van der Waals surface area contributed by atoms with Crippen molar-refractivity contribution in [3.8, 4) is 0 Å². The van der Waals surface area contributed by atoms with Crippen LogP contribution in [0.15, 0.2) is 53.8 Å². The van der Waals surface area contributed by atoms with Crippen molar-refractivity contribution in [2.45, 2.75) is 43.5 Å². The Morgan fingerprint density at radius 2 is 1.83 bits per heavy atom. The van der Waals surface area contributed by atoms with Gasteiger partial charge in [0.1, 0.15) is 22.5 Å². The van der Waals surface area contributed by atoms with Gasteiger partial charge in [-0.15, -0.1) is 11.8 Å². The monoisotopic (exact) mass is 406 g/mol. The molecular weight excluding hydrogens is 380 g/mol. The number of nitrogens with zero attached hydrogens (tertiary/aromatic N) is 5. The van der Waals surface area contributed by atoms with Gasteiger partial charge in [0, 0.05) is 36.6 Å². The van der Waals surface area contributed by atoms with E-state index in [1.54, 1.807) is 11.8 Å². The number of aromatic nitrogens is 4. The highest BCUT2D eigenvalue weighted by Crippen LogP contribution is 2.23. The second-order valence-corrected chi connectivity index (χ2v) is 8.33. The smallest absolute Gasteiger partial charge is 0.146 e. The fourth-order valence-corrected chi connectivity index (χ4v) is 4.35. The highest BCUT2D eigenvalue weighted by Gasteiger charge is 2.21. The second-order valence-electron chi connectivity index (χ2n) is 7.34. The van der Waals surface area contributed by atoms with Gasteiger partial charge in [0.05, 0.1) is 12.4 Å². The van der Waals surface area contributed by atoms with Crippen LogP contribution in [0, 0.1) is 13.8 Å². The van der Waals surface area contributed by atoms with Crippen molar-refractivity contribution in [1.29, 1.82) is 0 Å². The van der Waals surface area contributed by atoms with Crippen molar-refractivity contribution in [3.63, 3.8) is 0 Å². The predicted octanol–water partition coefficient (Wildman–Crippen LogP) is 4.26. The van der Waals surface area contributed by atoms with Crippen molar-refractivity contribution in [1.82, 2.24) is 19.9 Å². The molecule has 0 radical (unpaired) electrons. The molecule has 0 atom stereocenters. The van der Waals surface area contributed by atoms with Crippen LogP contribution in [0.2, 0.25) is 0 Å². The lowest BCUT2D eigenvalue weighted by molar-refractivity contribution is 0.521. The first-order valence-electron chi connectivity index (χ1n) is 9.98. The molecular formula is C22H26N6S. The van der Waals surface area contributed by atoms with Crippen LogP contribution in [-0.2, 0) is 5.75 Å². The number of aryl methyl sites for hydroxylation is 2. The third-order valence-corrected chi connectivity index (χ3v) is 5.94. The fourth-order valence-electron chi connectivity index (χ4n) is 3.54. The van der Waals surface area contributed by atoms with E-state index in [4.69, 9.17) is 4.98 Å². The van der Waals surface area contributed by atoms with E-state index in [2.05, 4.69) is 55.5 Å². The first-order valence-corrected chi connectivity index (χ1v) is 11.0. The molecule has 3 heterocycles. The molecule has 0 saturated carbocycles. The normalized spacial score (nSPS) is 14.8. The largest absolute Gasteiger partial charge is 0.366 e. The van der Waals surface area contributed by atoms with Gasteiger partial charge in [0.2, 0.25) is 0 Å². The summed E-state index contributed by atoms with van der Waals surface area (Å²) in [4.78, 5) is 20.4. The molecule has 0 spiro atoms. The molecule has 4 rings (SSSR count). The van der Waals surface area contributed by atoms with Crippen molar-refractivity contribution in [3.05, 3.63) is 65.9 Å². The number of hydrogen-bond donors (Lipinski definition) is 1. The molecule has 2 aromatic heterocycles. The Bertz CT molecular complexity index is 921. The van der Waals surface area contributed by atoms with Gasteiger partial charge in [0.25, 0.3) is 0 Å². The minimum absolute atomic E-state index is 0.402. The molecule has 1 aliphatic heterocycles. The van der Waals surface area contributed by atoms with Gasteiger partial charge in [-0.05, 0) is 32.3 Å². The molecule has 1 aromatic carbocycles. The maximum atomic E-state index is 4.74. The lowest BCUT2D eigenvalue weighted by atomic mass is 10.1. The Kier molecular flexibility index (Phi) is 6.24. The average molecular weight is 407 g/mol. The number of rotatable bonds is 6. The van der Waals surface area contributed by atoms with Gasteiger partial charge in [-0.1, -0.05) is 30.3 Å². The summed E-state index contributed by atoms with van der Waals surface area (Å²) in [5.74, 6) is 3.62.